The fraction of sp³-hybridized carbons (Fsp3) is 0.400. The Hall–Kier alpha value is -3.28. The van der Waals surface area contributed by atoms with Crippen molar-refractivity contribution in [3.8, 4) is 0 Å². The number of aliphatic carboxylic acids is 1. The Balaban J connectivity index is 1.95. The zero-order valence-electron chi connectivity index (χ0n) is 20.2. The van der Waals surface area contributed by atoms with Gasteiger partial charge in [-0.15, -0.1) is 0 Å². The molecule has 194 valence electrons. The molecule has 1 saturated heterocycles. The molecule has 2 atom stereocenters. The van der Waals surface area contributed by atoms with Crippen LogP contribution in [0.3, 0.4) is 0 Å². The molecule has 2 aromatic carbocycles. The monoisotopic (exact) mass is 516 g/mol. The van der Waals surface area contributed by atoms with E-state index in [9.17, 15) is 27.9 Å². The van der Waals surface area contributed by atoms with Crippen molar-refractivity contribution in [3.63, 3.8) is 0 Å². The van der Waals surface area contributed by atoms with Gasteiger partial charge in [-0.05, 0) is 69.8 Å². The van der Waals surface area contributed by atoms with Gasteiger partial charge in [0, 0.05) is 12.2 Å². The second-order valence-corrected chi connectivity index (χ2v) is 10.6. The van der Waals surface area contributed by atoms with Crippen LogP contribution in [0.5, 0.6) is 0 Å². The summed E-state index contributed by atoms with van der Waals surface area (Å²) in [6.45, 7) is 2.26. The summed E-state index contributed by atoms with van der Waals surface area (Å²) in [4.78, 5) is 40.0. The number of anilines is 1. The number of nitrogens with one attached hydrogen (secondary N) is 1. The molecule has 0 bridgehead atoms. The smallest absolute Gasteiger partial charge is 0.329 e. The van der Waals surface area contributed by atoms with Crippen molar-refractivity contribution in [3.05, 3.63) is 60.2 Å². The first-order valence-electron chi connectivity index (χ1n) is 11.9. The highest BCUT2D eigenvalue weighted by atomic mass is 32.2. The molecule has 0 saturated carbocycles. The summed E-state index contributed by atoms with van der Waals surface area (Å²) >= 11 is 0. The molecule has 11 heteroatoms. The van der Waals surface area contributed by atoms with E-state index in [1.165, 1.54) is 12.1 Å². The highest BCUT2D eigenvalue weighted by Gasteiger charge is 2.45. The molecule has 0 aliphatic carbocycles. The van der Waals surface area contributed by atoms with E-state index in [4.69, 9.17) is 5.73 Å². The lowest BCUT2D eigenvalue weighted by Gasteiger charge is -2.32. The third kappa shape index (κ3) is 6.28. The number of urea groups is 1. The van der Waals surface area contributed by atoms with Gasteiger partial charge in [-0.2, -0.15) is 4.31 Å². The van der Waals surface area contributed by atoms with Crippen LogP contribution < -0.4 is 11.1 Å². The van der Waals surface area contributed by atoms with E-state index < -0.39 is 40.0 Å². The van der Waals surface area contributed by atoms with Gasteiger partial charge in [0.2, 0.25) is 15.9 Å². The van der Waals surface area contributed by atoms with Crippen LogP contribution in [-0.2, 0) is 19.6 Å². The van der Waals surface area contributed by atoms with Crippen LogP contribution in [0.2, 0.25) is 0 Å². The van der Waals surface area contributed by atoms with E-state index >= 15 is 0 Å². The summed E-state index contributed by atoms with van der Waals surface area (Å²) in [5, 5.41) is 12.5. The molecule has 10 nitrogen and oxygen atoms in total. The standard InChI is InChI=1S/C25H32N4O6S/c1-18-12-14-20(15-13-18)36(34,35)28-17-7-11-21(28)23(30)29(22(24(31)32)10-5-6-16-26)25(33)27-19-8-3-2-4-9-19/h2-4,8-9,12-15,21-22H,5-7,10-11,16-17,26H2,1H3,(H,27,33)(H,31,32)/t21-,22-/m0/s1. The minimum Gasteiger partial charge on any atom is -0.480 e. The van der Waals surface area contributed by atoms with E-state index in [1.54, 1.807) is 42.5 Å². The van der Waals surface area contributed by atoms with Crippen LogP contribution in [0.1, 0.15) is 37.7 Å². The number of benzene rings is 2. The summed E-state index contributed by atoms with van der Waals surface area (Å²) in [7, 11) is -4.04. The highest BCUT2D eigenvalue weighted by molar-refractivity contribution is 7.89. The number of carboxylic acid groups (broad SMARTS) is 1. The third-order valence-corrected chi connectivity index (χ3v) is 8.05. The van der Waals surface area contributed by atoms with E-state index in [1.807, 2.05) is 6.92 Å². The van der Waals surface area contributed by atoms with Gasteiger partial charge in [-0.1, -0.05) is 35.9 Å². The Morgan fingerprint density at radius 3 is 2.39 bits per heavy atom. The number of rotatable bonds is 10. The van der Waals surface area contributed by atoms with Gasteiger partial charge in [-0.25, -0.2) is 22.9 Å². The first-order chi connectivity index (χ1) is 17.2. The van der Waals surface area contributed by atoms with E-state index in [-0.39, 0.29) is 24.3 Å². The lowest BCUT2D eigenvalue weighted by Crippen LogP contribution is -2.56. The molecule has 4 N–H and O–H groups in total. The second-order valence-electron chi connectivity index (χ2n) is 8.73. The quantitative estimate of drug-likeness (QED) is 0.411. The number of nitrogens with two attached hydrogens (primary N) is 1. The van der Waals surface area contributed by atoms with Gasteiger partial charge in [0.05, 0.1) is 4.90 Å². The first kappa shape index (κ1) is 27.3. The predicted molar refractivity (Wildman–Crippen MR) is 135 cm³/mol. The molecule has 1 aliphatic rings. The Morgan fingerprint density at radius 2 is 1.78 bits per heavy atom. The van der Waals surface area contributed by atoms with Gasteiger partial charge < -0.3 is 16.2 Å². The number of para-hydroxylation sites is 1. The summed E-state index contributed by atoms with van der Waals surface area (Å²) in [5.41, 5.74) is 6.80. The van der Waals surface area contributed by atoms with Crippen molar-refractivity contribution in [2.45, 2.75) is 56.0 Å². The normalized spacial score (nSPS) is 16.9. The molecule has 2 aromatic rings. The minimum atomic E-state index is -4.04. The molecule has 3 rings (SSSR count). The average molecular weight is 517 g/mol. The lowest BCUT2D eigenvalue weighted by atomic mass is 10.1. The van der Waals surface area contributed by atoms with Gasteiger partial charge >= 0.3 is 12.0 Å². The van der Waals surface area contributed by atoms with E-state index in [0.29, 0.717) is 36.4 Å². The molecule has 0 aromatic heterocycles. The van der Waals surface area contributed by atoms with E-state index in [0.717, 1.165) is 9.87 Å². The van der Waals surface area contributed by atoms with Crippen LogP contribution in [0.25, 0.3) is 0 Å². The number of carbonyl (C=O) groups is 3. The maximum absolute atomic E-state index is 13.8. The largest absolute Gasteiger partial charge is 0.480 e. The number of aryl methyl sites for hydroxylation is 1. The molecule has 1 heterocycles. The fourth-order valence-electron chi connectivity index (χ4n) is 4.23. The Morgan fingerprint density at radius 1 is 1.11 bits per heavy atom. The molecular formula is C25H32N4O6S. The molecule has 0 unspecified atom stereocenters. The maximum atomic E-state index is 13.8. The van der Waals surface area contributed by atoms with Gasteiger partial charge in [0.1, 0.15) is 12.1 Å². The number of hydrogen-bond donors (Lipinski definition) is 3. The van der Waals surface area contributed by atoms with Crippen LogP contribution >= 0.6 is 0 Å². The number of hydrogen-bond acceptors (Lipinski definition) is 6. The SMILES string of the molecule is Cc1ccc(S(=O)(=O)N2CCC[C@H]2C(=O)N(C(=O)Nc2ccccc2)[C@@H](CCCCN)C(=O)O)cc1. The van der Waals surface area contributed by atoms with Crippen LogP contribution in [0, 0.1) is 6.92 Å². The summed E-state index contributed by atoms with van der Waals surface area (Å²) in [6.07, 6.45) is 1.47. The van der Waals surface area contributed by atoms with Gasteiger partial charge in [0.15, 0.2) is 0 Å². The number of carboxylic acids is 1. The van der Waals surface area contributed by atoms with Gasteiger partial charge in [-0.3, -0.25) is 4.79 Å². The Labute approximate surface area is 211 Å². The average Bonchev–Trinajstić information content (AvgIpc) is 3.35. The third-order valence-electron chi connectivity index (χ3n) is 6.13. The number of nitrogens with zero attached hydrogens (tertiary/aromatic N) is 2. The summed E-state index contributed by atoms with van der Waals surface area (Å²) in [5.74, 6) is -2.22. The number of sulfonamides is 1. The van der Waals surface area contributed by atoms with Crippen molar-refractivity contribution in [2.24, 2.45) is 5.73 Å². The Bertz CT molecular complexity index is 1170. The topological polar surface area (TPSA) is 150 Å². The first-order valence-corrected chi connectivity index (χ1v) is 13.3. The minimum absolute atomic E-state index is 0.00207. The molecular weight excluding hydrogens is 484 g/mol. The van der Waals surface area contributed by atoms with Crippen molar-refractivity contribution >= 4 is 33.6 Å². The molecule has 3 amide bonds. The summed E-state index contributed by atoms with van der Waals surface area (Å²) in [6, 6.07) is 11.0. The van der Waals surface area contributed by atoms with Gasteiger partial charge in [0.25, 0.3) is 0 Å². The fourth-order valence-corrected chi connectivity index (χ4v) is 5.88. The molecule has 36 heavy (non-hydrogen) atoms. The molecule has 0 spiro atoms. The number of carbonyl (C=O) groups excluding carboxylic acids is 2. The number of amides is 3. The van der Waals surface area contributed by atoms with Crippen molar-refractivity contribution in [2.75, 3.05) is 18.4 Å². The predicted octanol–water partition coefficient (Wildman–Crippen LogP) is 2.79. The van der Waals surface area contributed by atoms with Crippen molar-refractivity contribution in [1.82, 2.24) is 9.21 Å². The lowest BCUT2D eigenvalue weighted by molar-refractivity contribution is -0.148. The maximum Gasteiger partial charge on any atom is 0.329 e. The molecule has 1 fully saturated rings. The molecule has 1 aliphatic heterocycles. The highest BCUT2D eigenvalue weighted by Crippen LogP contribution is 2.29. The van der Waals surface area contributed by atoms with Crippen LogP contribution in [0.15, 0.2) is 59.5 Å². The van der Waals surface area contributed by atoms with E-state index in [2.05, 4.69) is 5.32 Å². The zero-order chi connectivity index (χ0) is 26.3. The molecule has 0 radical (unpaired) electrons. The second kappa shape index (κ2) is 12.1. The Kier molecular flexibility index (Phi) is 9.19. The number of imide groups is 1. The van der Waals surface area contributed by atoms with Crippen LogP contribution in [-0.4, -0.2) is 65.8 Å². The zero-order valence-corrected chi connectivity index (χ0v) is 21.0. The van der Waals surface area contributed by atoms with Crippen molar-refractivity contribution < 1.29 is 27.9 Å². The van der Waals surface area contributed by atoms with Crippen LogP contribution in [0.4, 0.5) is 10.5 Å². The number of unbranched alkanes of at least 4 members (excludes halogenated alkanes) is 1. The summed E-state index contributed by atoms with van der Waals surface area (Å²) < 4.78 is 27.8. The van der Waals surface area contributed by atoms with Crippen molar-refractivity contribution in [1.29, 1.82) is 0 Å².